The van der Waals surface area contributed by atoms with Gasteiger partial charge in [-0.1, -0.05) is 6.92 Å². The number of hydrogen-bond donors (Lipinski definition) is 2. The molecule has 1 fully saturated rings. The number of likely N-dealkylation sites (N-methyl/N-ethyl adjacent to an activating group) is 1. The summed E-state index contributed by atoms with van der Waals surface area (Å²) in [6.45, 7) is 12.3. The van der Waals surface area contributed by atoms with Crippen LogP contribution < -0.4 is 0 Å². The van der Waals surface area contributed by atoms with Gasteiger partial charge < -0.3 is 24.6 Å². The standard InChI is InChI=1S/C25H33N3O2/c1-3-26-14-16-27(17-15-26)12-4-5-13-28-24-11-10-22(30)18-23(24)19(2)25(28)20-6-8-21(29)9-7-20/h6-11,18,29-30H,3-5,12-17H2,1-2H3. The molecule has 0 amide bonds. The van der Waals surface area contributed by atoms with Gasteiger partial charge in [-0.05, 0) is 86.4 Å². The fourth-order valence-corrected chi connectivity index (χ4v) is 4.67. The molecule has 0 spiro atoms. The predicted molar refractivity (Wildman–Crippen MR) is 123 cm³/mol. The van der Waals surface area contributed by atoms with Crippen LogP contribution in [0.25, 0.3) is 22.2 Å². The minimum atomic E-state index is 0.278. The monoisotopic (exact) mass is 407 g/mol. The lowest BCUT2D eigenvalue weighted by molar-refractivity contribution is 0.135. The quantitative estimate of drug-likeness (QED) is 0.569. The molecule has 2 heterocycles. The van der Waals surface area contributed by atoms with Gasteiger partial charge in [0, 0.05) is 43.6 Å². The van der Waals surface area contributed by atoms with Gasteiger partial charge in [-0.3, -0.25) is 0 Å². The van der Waals surface area contributed by atoms with E-state index in [4.69, 9.17) is 0 Å². The first kappa shape index (κ1) is 20.8. The Hall–Kier alpha value is -2.50. The molecule has 4 rings (SSSR count). The summed E-state index contributed by atoms with van der Waals surface area (Å²) in [7, 11) is 0. The van der Waals surface area contributed by atoms with Gasteiger partial charge in [0.1, 0.15) is 11.5 Å². The maximum Gasteiger partial charge on any atom is 0.116 e. The molecule has 2 N–H and O–H groups in total. The van der Waals surface area contributed by atoms with Crippen molar-refractivity contribution in [1.29, 1.82) is 0 Å². The van der Waals surface area contributed by atoms with Crippen LogP contribution in [-0.4, -0.2) is 63.8 Å². The van der Waals surface area contributed by atoms with E-state index >= 15 is 0 Å². The van der Waals surface area contributed by atoms with Crippen LogP contribution in [-0.2, 0) is 6.54 Å². The first-order chi connectivity index (χ1) is 14.6. The van der Waals surface area contributed by atoms with Crippen molar-refractivity contribution < 1.29 is 10.2 Å². The van der Waals surface area contributed by atoms with Gasteiger partial charge in [-0.2, -0.15) is 0 Å². The summed E-state index contributed by atoms with van der Waals surface area (Å²) in [6.07, 6.45) is 2.29. The van der Waals surface area contributed by atoms with Crippen molar-refractivity contribution in [2.75, 3.05) is 39.3 Å². The molecule has 0 aliphatic carbocycles. The van der Waals surface area contributed by atoms with E-state index < -0.39 is 0 Å². The Morgan fingerprint density at radius 2 is 1.43 bits per heavy atom. The number of nitrogens with zero attached hydrogens (tertiary/aromatic N) is 3. The highest BCUT2D eigenvalue weighted by Gasteiger charge is 2.17. The Morgan fingerprint density at radius 3 is 2.13 bits per heavy atom. The molecule has 2 aromatic carbocycles. The zero-order chi connectivity index (χ0) is 21.1. The summed E-state index contributed by atoms with van der Waals surface area (Å²) in [5.41, 5.74) is 4.59. The summed E-state index contributed by atoms with van der Waals surface area (Å²) in [5, 5.41) is 20.8. The minimum Gasteiger partial charge on any atom is -0.508 e. The summed E-state index contributed by atoms with van der Waals surface area (Å²) < 4.78 is 2.38. The van der Waals surface area contributed by atoms with Crippen molar-refractivity contribution in [2.24, 2.45) is 0 Å². The number of piperazine rings is 1. The Balaban J connectivity index is 1.51. The molecular weight excluding hydrogens is 374 g/mol. The number of phenolic OH excluding ortho intramolecular Hbond substituents is 2. The molecule has 1 saturated heterocycles. The zero-order valence-corrected chi connectivity index (χ0v) is 18.1. The maximum absolute atomic E-state index is 10.0. The Bertz CT molecular complexity index is 986. The molecule has 160 valence electrons. The number of aromatic hydroxyl groups is 2. The van der Waals surface area contributed by atoms with Crippen LogP contribution >= 0.6 is 0 Å². The molecule has 3 aromatic rings. The molecule has 1 aliphatic heterocycles. The summed E-state index contributed by atoms with van der Waals surface area (Å²) in [5.74, 6) is 0.575. The smallest absolute Gasteiger partial charge is 0.116 e. The van der Waals surface area contributed by atoms with Crippen LogP contribution in [0.5, 0.6) is 11.5 Å². The van der Waals surface area contributed by atoms with E-state index in [0.717, 1.165) is 42.5 Å². The summed E-state index contributed by atoms with van der Waals surface area (Å²) in [4.78, 5) is 5.11. The van der Waals surface area contributed by atoms with Gasteiger partial charge in [0.05, 0.1) is 5.69 Å². The van der Waals surface area contributed by atoms with E-state index in [-0.39, 0.29) is 5.75 Å². The van der Waals surface area contributed by atoms with Crippen LogP contribution in [0.1, 0.15) is 25.3 Å². The third-order valence-corrected chi connectivity index (χ3v) is 6.46. The lowest BCUT2D eigenvalue weighted by Crippen LogP contribution is -2.46. The van der Waals surface area contributed by atoms with E-state index in [1.807, 2.05) is 24.3 Å². The summed E-state index contributed by atoms with van der Waals surface area (Å²) >= 11 is 0. The normalized spacial score (nSPS) is 15.8. The number of rotatable bonds is 7. The number of aromatic nitrogens is 1. The van der Waals surface area contributed by atoms with E-state index in [0.29, 0.717) is 5.75 Å². The van der Waals surface area contributed by atoms with E-state index in [1.165, 1.54) is 43.9 Å². The van der Waals surface area contributed by atoms with Crippen molar-refractivity contribution in [1.82, 2.24) is 14.4 Å². The molecular formula is C25H33N3O2. The Kier molecular flexibility index (Phi) is 6.30. The highest BCUT2D eigenvalue weighted by Crippen LogP contribution is 2.35. The minimum absolute atomic E-state index is 0.278. The topological polar surface area (TPSA) is 51.9 Å². The van der Waals surface area contributed by atoms with Gasteiger partial charge in [0.25, 0.3) is 0 Å². The van der Waals surface area contributed by atoms with Crippen LogP contribution in [0.15, 0.2) is 42.5 Å². The number of unbranched alkanes of at least 4 members (excludes halogenated alkanes) is 1. The van der Waals surface area contributed by atoms with Gasteiger partial charge in [-0.25, -0.2) is 0 Å². The van der Waals surface area contributed by atoms with Gasteiger partial charge >= 0.3 is 0 Å². The third-order valence-electron chi connectivity index (χ3n) is 6.46. The van der Waals surface area contributed by atoms with Crippen molar-refractivity contribution in [3.8, 4) is 22.8 Å². The largest absolute Gasteiger partial charge is 0.508 e. The molecule has 5 nitrogen and oxygen atoms in total. The lowest BCUT2D eigenvalue weighted by atomic mass is 10.1. The van der Waals surface area contributed by atoms with Crippen LogP contribution in [0.4, 0.5) is 0 Å². The van der Waals surface area contributed by atoms with E-state index in [2.05, 4.69) is 28.2 Å². The second kappa shape index (κ2) is 9.11. The van der Waals surface area contributed by atoms with Crippen LogP contribution in [0.3, 0.4) is 0 Å². The predicted octanol–water partition coefficient (Wildman–Crippen LogP) is 4.45. The molecule has 0 unspecified atom stereocenters. The van der Waals surface area contributed by atoms with Gasteiger partial charge in [0.15, 0.2) is 0 Å². The lowest BCUT2D eigenvalue weighted by Gasteiger charge is -2.34. The zero-order valence-electron chi connectivity index (χ0n) is 18.1. The third kappa shape index (κ3) is 4.32. The molecule has 0 saturated carbocycles. The van der Waals surface area contributed by atoms with Gasteiger partial charge in [-0.15, -0.1) is 0 Å². The first-order valence-corrected chi connectivity index (χ1v) is 11.1. The maximum atomic E-state index is 10.0. The average Bonchev–Trinajstić information content (AvgIpc) is 3.03. The van der Waals surface area contributed by atoms with Crippen LogP contribution in [0, 0.1) is 6.92 Å². The number of aryl methyl sites for hydroxylation is 2. The highest BCUT2D eigenvalue weighted by atomic mass is 16.3. The van der Waals surface area contributed by atoms with Crippen molar-refractivity contribution >= 4 is 10.9 Å². The molecule has 0 bridgehead atoms. The number of hydrogen-bond acceptors (Lipinski definition) is 4. The Morgan fingerprint density at radius 1 is 0.800 bits per heavy atom. The highest BCUT2D eigenvalue weighted by molar-refractivity contribution is 5.92. The van der Waals surface area contributed by atoms with Crippen molar-refractivity contribution in [3.05, 3.63) is 48.0 Å². The SMILES string of the molecule is CCN1CCN(CCCCn2c(-c3ccc(O)cc3)c(C)c3cc(O)ccc32)CC1. The second-order valence-electron chi connectivity index (χ2n) is 8.36. The van der Waals surface area contributed by atoms with Gasteiger partial charge in [0.2, 0.25) is 0 Å². The van der Waals surface area contributed by atoms with E-state index in [1.54, 1.807) is 18.2 Å². The second-order valence-corrected chi connectivity index (χ2v) is 8.36. The average molecular weight is 408 g/mol. The molecule has 1 aliphatic rings. The molecule has 0 atom stereocenters. The number of benzene rings is 2. The van der Waals surface area contributed by atoms with Crippen molar-refractivity contribution in [3.63, 3.8) is 0 Å². The Labute approximate surface area is 179 Å². The molecule has 1 aromatic heterocycles. The summed E-state index contributed by atoms with van der Waals surface area (Å²) in [6, 6.07) is 13.1. The fraction of sp³-hybridized carbons (Fsp3) is 0.440. The fourth-order valence-electron chi connectivity index (χ4n) is 4.67. The first-order valence-electron chi connectivity index (χ1n) is 11.1. The molecule has 5 heteroatoms. The molecule has 30 heavy (non-hydrogen) atoms. The van der Waals surface area contributed by atoms with Crippen molar-refractivity contribution in [2.45, 2.75) is 33.2 Å². The van der Waals surface area contributed by atoms with Crippen LogP contribution in [0.2, 0.25) is 0 Å². The molecule has 0 radical (unpaired) electrons. The number of phenols is 2. The van der Waals surface area contributed by atoms with E-state index in [9.17, 15) is 10.2 Å². The number of fused-ring (bicyclic) bond motifs is 1.